The molecule has 1 saturated carbocycles. The Morgan fingerprint density at radius 3 is 2.40 bits per heavy atom. The molecule has 6 aliphatic rings. The molecule has 0 bridgehead atoms. The molecular weight excluding hydrogens is 846 g/mol. The Bertz CT molecular complexity index is 1950. The van der Waals surface area contributed by atoms with Gasteiger partial charge in [-0.25, -0.2) is 4.98 Å². The van der Waals surface area contributed by atoms with Crippen LogP contribution in [0.15, 0.2) is 35.9 Å². The fraction of sp³-hybridized carbons (Fsp3) is 0.729. The lowest BCUT2D eigenvalue weighted by molar-refractivity contribution is -0.314. The SMILES string of the molecule is CC[C@H]1CCC[C@H](O[C@H]2CC[C@H](N(C)C)C(C)O2)[C@@H](C)C(=O)C2=C[C@@H]3C(c4nc(Nc5cccc(Cl)c5)sc4C4C[C@@H](OC5OC(C)C(OC)C(OC)C5OC)C[C@H]43)[C@@H]2CC(=O)O1. The Morgan fingerprint density at radius 2 is 1.70 bits per heavy atom. The number of ketones is 1. The van der Waals surface area contributed by atoms with Crippen LogP contribution < -0.4 is 5.32 Å². The first-order valence-electron chi connectivity index (χ1n) is 23.2. The highest BCUT2D eigenvalue weighted by Gasteiger charge is 2.57. The van der Waals surface area contributed by atoms with Crippen molar-refractivity contribution >= 4 is 45.5 Å². The van der Waals surface area contributed by atoms with Crippen LogP contribution in [0, 0.1) is 23.7 Å². The minimum absolute atomic E-state index is 0.000184. The number of esters is 1. The van der Waals surface area contributed by atoms with E-state index in [1.165, 1.54) is 0 Å². The first kappa shape index (κ1) is 47.0. The van der Waals surface area contributed by atoms with Gasteiger partial charge in [0.2, 0.25) is 0 Å². The number of benzene rings is 1. The molecule has 0 radical (unpaired) electrons. The Morgan fingerprint density at radius 1 is 0.921 bits per heavy atom. The molecule has 3 aliphatic heterocycles. The molecule has 3 saturated heterocycles. The van der Waals surface area contributed by atoms with E-state index in [0.29, 0.717) is 35.9 Å². The number of nitrogens with zero attached hydrogens (tertiary/aromatic N) is 2. The van der Waals surface area contributed by atoms with Gasteiger partial charge in [-0.3, -0.25) is 9.59 Å². The number of anilines is 2. The lowest BCUT2D eigenvalue weighted by Gasteiger charge is -2.44. The third-order valence-electron chi connectivity index (χ3n) is 15.0. The van der Waals surface area contributed by atoms with Crippen LogP contribution in [0.2, 0.25) is 5.02 Å². The van der Waals surface area contributed by atoms with Crippen molar-refractivity contribution in [3.8, 4) is 0 Å². The first-order valence-corrected chi connectivity index (χ1v) is 24.4. The van der Waals surface area contributed by atoms with Crippen molar-refractivity contribution in [1.82, 2.24) is 9.88 Å². The van der Waals surface area contributed by atoms with Gasteiger partial charge in [0.1, 0.15) is 24.4 Å². The number of likely N-dealkylation sites (N-methyl/N-ethyl adjacent to an activating group) is 1. The van der Waals surface area contributed by atoms with Crippen LogP contribution in [0.4, 0.5) is 10.8 Å². The van der Waals surface area contributed by atoms with Crippen LogP contribution in [0.5, 0.6) is 0 Å². The summed E-state index contributed by atoms with van der Waals surface area (Å²) < 4.78 is 50.5. The summed E-state index contributed by atoms with van der Waals surface area (Å²) in [6.45, 7) is 8.14. The molecule has 348 valence electrons. The van der Waals surface area contributed by atoms with Crippen molar-refractivity contribution in [2.45, 2.75) is 165 Å². The van der Waals surface area contributed by atoms with Gasteiger partial charge in [-0.05, 0) is 115 Å². The number of thiazole rings is 1. The molecule has 13 nitrogen and oxygen atoms in total. The molecule has 8 unspecified atom stereocenters. The number of fused-ring (bicyclic) bond motifs is 8. The van der Waals surface area contributed by atoms with Crippen LogP contribution in [-0.4, -0.2) is 125 Å². The summed E-state index contributed by atoms with van der Waals surface area (Å²) in [4.78, 5) is 38.0. The molecule has 1 aromatic heterocycles. The molecule has 2 aromatic rings. The second-order valence-electron chi connectivity index (χ2n) is 18.9. The van der Waals surface area contributed by atoms with Gasteiger partial charge in [0, 0.05) is 66.6 Å². The molecule has 0 amide bonds. The molecule has 15 heteroatoms. The molecular formula is C48H68ClN3O10S. The summed E-state index contributed by atoms with van der Waals surface area (Å²) in [5.41, 5.74) is 2.46. The zero-order valence-corrected chi connectivity index (χ0v) is 39.9. The minimum atomic E-state index is -0.675. The Hall–Kier alpha value is -2.50. The average Bonchev–Trinajstić information content (AvgIpc) is 3.97. The summed E-state index contributed by atoms with van der Waals surface area (Å²) in [7, 11) is 9.13. The summed E-state index contributed by atoms with van der Waals surface area (Å²) in [5, 5.41) is 4.89. The molecule has 4 fully saturated rings. The fourth-order valence-electron chi connectivity index (χ4n) is 11.8. The fourth-order valence-corrected chi connectivity index (χ4v) is 13.2. The van der Waals surface area contributed by atoms with E-state index >= 15 is 4.79 Å². The topological polar surface area (TPSA) is 136 Å². The van der Waals surface area contributed by atoms with E-state index in [0.717, 1.165) is 53.5 Å². The number of halogens is 1. The minimum Gasteiger partial charge on any atom is -0.462 e. The molecule has 0 spiro atoms. The second-order valence-corrected chi connectivity index (χ2v) is 20.4. The summed E-state index contributed by atoms with van der Waals surface area (Å²) in [6, 6.07) is 7.91. The van der Waals surface area contributed by atoms with Gasteiger partial charge < -0.3 is 48.1 Å². The van der Waals surface area contributed by atoms with E-state index in [4.69, 9.17) is 54.5 Å². The van der Waals surface area contributed by atoms with Crippen LogP contribution in [0.1, 0.15) is 108 Å². The third kappa shape index (κ3) is 9.69. The highest BCUT2D eigenvalue weighted by molar-refractivity contribution is 7.15. The number of hydrogen-bond donors (Lipinski definition) is 1. The molecule has 17 atom stereocenters. The number of allylic oxidation sites excluding steroid dienone is 2. The number of carbonyl (C=O) groups is 2. The molecule has 1 N–H and O–H groups in total. The highest BCUT2D eigenvalue weighted by Crippen LogP contribution is 2.63. The number of hydrogen-bond acceptors (Lipinski definition) is 14. The van der Waals surface area contributed by atoms with Gasteiger partial charge in [-0.15, -0.1) is 11.3 Å². The van der Waals surface area contributed by atoms with E-state index in [-0.39, 0.29) is 84.6 Å². The number of cyclic esters (lactones) is 1. The van der Waals surface area contributed by atoms with Gasteiger partial charge in [0.05, 0.1) is 36.5 Å². The van der Waals surface area contributed by atoms with Crippen molar-refractivity contribution in [1.29, 1.82) is 0 Å². The summed E-state index contributed by atoms with van der Waals surface area (Å²) in [5.74, 6) is -1.18. The zero-order chi connectivity index (χ0) is 44.7. The first-order chi connectivity index (χ1) is 30.3. The average molecular weight is 915 g/mol. The van der Waals surface area contributed by atoms with E-state index in [2.05, 4.69) is 44.2 Å². The van der Waals surface area contributed by atoms with Gasteiger partial charge in [0.25, 0.3) is 0 Å². The summed E-state index contributed by atoms with van der Waals surface area (Å²) in [6.07, 6.45) is 5.00. The Kier molecular flexibility index (Phi) is 15.0. The molecule has 3 aliphatic carbocycles. The van der Waals surface area contributed by atoms with Crippen molar-refractivity contribution < 1.29 is 47.5 Å². The zero-order valence-electron chi connectivity index (χ0n) is 38.3. The molecule has 1 aromatic carbocycles. The van der Waals surface area contributed by atoms with Gasteiger partial charge in [0.15, 0.2) is 23.5 Å². The lowest BCUT2D eigenvalue weighted by Crippen LogP contribution is -2.59. The number of rotatable bonds is 11. The van der Waals surface area contributed by atoms with E-state index in [1.807, 2.05) is 38.1 Å². The molecule has 63 heavy (non-hydrogen) atoms. The van der Waals surface area contributed by atoms with E-state index in [9.17, 15) is 4.79 Å². The largest absolute Gasteiger partial charge is 0.462 e. The van der Waals surface area contributed by atoms with E-state index < -0.39 is 30.5 Å². The number of Topliss-reactive ketones (excluding diaryl/α,β-unsaturated/α-hetero) is 1. The highest BCUT2D eigenvalue weighted by atomic mass is 35.5. The van der Waals surface area contributed by atoms with Crippen LogP contribution >= 0.6 is 22.9 Å². The van der Waals surface area contributed by atoms with E-state index in [1.54, 1.807) is 32.7 Å². The predicted octanol–water partition coefficient (Wildman–Crippen LogP) is 8.42. The maximum absolute atomic E-state index is 15.2. The van der Waals surface area contributed by atoms with Crippen LogP contribution in [0.3, 0.4) is 0 Å². The van der Waals surface area contributed by atoms with Crippen molar-refractivity contribution in [3.63, 3.8) is 0 Å². The predicted molar refractivity (Wildman–Crippen MR) is 240 cm³/mol. The third-order valence-corrected chi connectivity index (χ3v) is 16.3. The quantitative estimate of drug-likeness (QED) is 0.216. The number of carbonyl (C=O) groups excluding carboxylic acids is 2. The lowest BCUT2D eigenvalue weighted by atomic mass is 9.67. The maximum Gasteiger partial charge on any atom is 0.306 e. The smallest absolute Gasteiger partial charge is 0.306 e. The van der Waals surface area contributed by atoms with Crippen molar-refractivity contribution in [3.05, 3.63) is 51.5 Å². The normalized spacial score (nSPS) is 39.6. The number of nitrogens with one attached hydrogen (secondary N) is 1. The Balaban J connectivity index is 1.13. The van der Waals surface area contributed by atoms with Crippen LogP contribution in [0.25, 0.3) is 0 Å². The molecule has 8 rings (SSSR count). The second kappa shape index (κ2) is 20.2. The molecule has 4 heterocycles. The number of methoxy groups -OCH3 is 3. The standard InChI is InChI=1S/C48H68ClN3O10S/c1-10-29-15-12-16-37(62-39-18-17-36(52(5)6)25(3)58-39)24(2)42(54)34-22-32-31-20-30(61-47-45(57-9)44(56-8)43(55-7)26(4)59-47)21-35(31)46-41(40(32)33(34)23-38(53)60-29)51-48(63-46)50-28-14-11-13-27(49)19-28/h11,13-14,19,22,24-26,29-33,35-37,39-40,43-45,47H,10,12,15-18,20-21,23H2,1-9H3,(H,50,51)/t24-,25?,26?,29+,30+,31+,32+,33-,35?,36+,37+,39+,40?,43?,44?,45?,47?/m1/s1. The maximum atomic E-state index is 15.2. The van der Waals surface area contributed by atoms with Gasteiger partial charge in [-0.2, -0.15) is 0 Å². The van der Waals surface area contributed by atoms with Gasteiger partial charge >= 0.3 is 5.97 Å². The number of aromatic nitrogens is 1. The van der Waals surface area contributed by atoms with Gasteiger partial charge in [-0.1, -0.05) is 37.6 Å². The van der Waals surface area contributed by atoms with Crippen molar-refractivity contribution in [2.75, 3.05) is 40.7 Å². The summed E-state index contributed by atoms with van der Waals surface area (Å²) >= 11 is 8.05. The van der Waals surface area contributed by atoms with Crippen molar-refractivity contribution in [2.24, 2.45) is 23.7 Å². The number of ether oxygens (including phenoxy) is 8. The van der Waals surface area contributed by atoms with Crippen LogP contribution in [-0.2, 0) is 47.5 Å². The Labute approximate surface area is 382 Å². The monoisotopic (exact) mass is 913 g/mol.